The molecule has 0 fully saturated rings. The Balaban J connectivity index is 1.69. The molecule has 1 atom stereocenters. The first-order valence-electron chi connectivity index (χ1n) is 10.9. The minimum atomic E-state index is -0.769. The summed E-state index contributed by atoms with van der Waals surface area (Å²) in [6.07, 6.45) is 3.78. The molecule has 5 rings (SSSR count). The summed E-state index contributed by atoms with van der Waals surface area (Å²) in [5, 5.41) is 5.37. The van der Waals surface area contributed by atoms with E-state index >= 15 is 0 Å². The molecule has 5 aromatic rings. The topological polar surface area (TPSA) is 27.1 Å². The van der Waals surface area contributed by atoms with Crippen molar-refractivity contribution in [2.24, 2.45) is 0 Å². The second kappa shape index (κ2) is 9.35. The summed E-state index contributed by atoms with van der Waals surface area (Å²) in [7, 11) is 0. The predicted octanol–water partition coefficient (Wildman–Crippen LogP) is 6.96. The fraction of sp³-hybridized carbons (Fsp3) is 0.0690. The fourth-order valence-corrected chi connectivity index (χ4v) is 4.59. The van der Waals surface area contributed by atoms with Crippen LogP contribution in [-0.2, 0) is 12.1 Å². The molecule has 0 aliphatic carbocycles. The minimum Gasteiger partial charge on any atom is -0.489 e. The summed E-state index contributed by atoms with van der Waals surface area (Å²) >= 11 is 6.83. The lowest BCUT2D eigenvalue weighted by molar-refractivity contribution is 0.305. The normalized spacial score (nSPS) is 12.8. The van der Waals surface area contributed by atoms with Gasteiger partial charge in [-0.1, -0.05) is 103 Å². The number of hydrogen-bond acceptors (Lipinski definition) is 2. The smallest absolute Gasteiger partial charge is 0.139 e. The zero-order valence-electron chi connectivity index (χ0n) is 18.0. The Bertz CT molecular complexity index is 1320. The zero-order valence-corrected chi connectivity index (χ0v) is 18.8. The van der Waals surface area contributed by atoms with E-state index in [0.717, 1.165) is 28.0 Å². The Labute approximate surface area is 198 Å². The van der Waals surface area contributed by atoms with Crippen LogP contribution in [0, 0.1) is 0 Å². The van der Waals surface area contributed by atoms with Crippen LogP contribution in [0.3, 0.4) is 0 Å². The summed E-state index contributed by atoms with van der Waals surface area (Å²) in [6.45, 7) is 0.497. The SMILES string of the molecule is Clc1ccccc1C(c1ccccc1)(c1cccc(OCc2ccccc2)c1)n1cccn1. The van der Waals surface area contributed by atoms with Crippen molar-refractivity contribution in [2.75, 3.05) is 0 Å². The molecule has 0 radical (unpaired) electrons. The maximum absolute atomic E-state index is 6.83. The molecule has 33 heavy (non-hydrogen) atoms. The first kappa shape index (κ1) is 21.0. The average molecular weight is 451 g/mol. The van der Waals surface area contributed by atoms with Crippen molar-refractivity contribution in [1.29, 1.82) is 0 Å². The van der Waals surface area contributed by atoms with Crippen LogP contribution in [0.15, 0.2) is 128 Å². The summed E-state index contributed by atoms with van der Waals surface area (Å²) in [5.74, 6) is 0.788. The van der Waals surface area contributed by atoms with E-state index in [1.807, 2.05) is 83.7 Å². The summed E-state index contributed by atoms with van der Waals surface area (Å²) < 4.78 is 8.16. The standard InChI is InChI=1S/C29H23ClN2O/c30-28-18-8-7-17-27(28)29(32-20-10-19-31-32,24-13-5-2-6-14-24)25-15-9-16-26(21-25)33-22-23-11-3-1-4-12-23/h1-21H,22H2. The van der Waals surface area contributed by atoms with Gasteiger partial charge < -0.3 is 4.74 Å². The van der Waals surface area contributed by atoms with Crippen molar-refractivity contribution < 1.29 is 4.74 Å². The largest absolute Gasteiger partial charge is 0.489 e. The number of halogens is 1. The van der Waals surface area contributed by atoms with E-state index in [0.29, 0.717) is 11.6 Å². The average Bonchev–Trinajstić information content (AvgIpc) is 3.41. The van der Waals surface area contributed by atoms with Gasteiger partial charge in [-0.2, -0.15) is 5.10 Å². The lowest BCUT2D eigenvalue weighted by atomic mass is 9.77. The molecular formula is C29H23ClN2O. The predicted molar refractivity (Wildman–Crippen MR) is 133 cm³/mol. The van der Waals surface area contributed by atoms with Crippen LogP contribution >= 0.6 is 11.6 Å². The third-order valence-electron chi connectivity index (χ3n) is 5.80. The Hall–Kier alpha value is -3.82. The van der Waals surface area contributed by atoms with Crippen molar-refractivity contribution in [3.05, 3.63) is 155 Å². The molecular weight excluding hydrogens is 428 g/mol. The number of aromatic nitrogens is 2. The summed E-state index contributed by atoms with van der Waals surface area (Å²) in [5.41, 5.74) is 3.37. The lowest BCUT2D eigenvalue weighted by Gasteiger charge is -2.37. The molecule has 162 valence electrons. The van der Waals surface area contributed by atoms with Crippen LogP contribution in [0.2, 0.25) is 5.02 Å². The Kier molecular flexibility index (Phi) is 5.97. The molecule has 3 nitrogen and oxygen atoms in total. The van der Waals surface area contributed by atoms with Crippen molar-refractivity contribution in [1.82, 2.24) is 9.78 Å². The summed E-state index contributed by atoms with van der Waals surface area (Å²) in [4.78, 5) is 0. The lowest BCUT2D eigenvalue weighted by Crippen LogP contribution is -2.38. The quantitative estimate of drug-likeness (QED) is 0.251. The highest BCUT2D eigenvalue weighted by Gasteiger charge is 2.40. The first-order chi connectivity index (χ1) is 16.3. The number of ether oxygens (including phenoxy) is 1. The molecule has 4 aromatic carbocycles. The van der Waals surface area contributed by atoms with Gasteiger partial charge in [0.15, 0.2) is 0 Å². The molecule has 1 heterocycles. The molecule has 0 N–H and O–H groups in total. The van der Waals surface area contributed by atoms with Gasteiger partial charge in [0.1, 0.15) is 17.9 Å². The van der Waals surface area contributed by atoms with Gasteiger partial charge in [0, 0.05) is 23.0 Å². The maximum Gasteiger partial charge on any atom is 0.139 e. The van der Waals surface area contributed by atoms with Crippen LogP contribution in [0.1, 0.15) is 22.3 Å². The Morgan fingerprint density at radius 3 is 2.15 bits per heavy atom. The van der Waals surface area contributed by atoms with Crippen molar-refractivity contribution >= 4 is 11.6 Å². The van der Waals surface area contributed by atoms with Gasteiger partial charge in [0.05, 0.1) is 0 Å². The third-order valence-corrected chi connectivity index (χ3v) is 6.13. The summed E-state index contributed by atoms with van der Waals surface area (Å²) in [6, 6.07) is 38.6. The second-order valence-corrected chi connectivity index (χ2v) is 8.22. The molecule has 0 aliphatic rings. The highest BCUT2D eigenvalue weighted by Crippen LogP contribution is 2.43. The van der Waals surface area contributed by atoms with E-state index in [4.69, 9.17) is 21.4 Å². The minimum absolute atomic E-state index is 0.497. The van der Waals surface area contributed by atoms with Gasteiger partial charge in [-0.3, -0.25) is 4.68 Å². The van der Waals surface area contributed by atoms with Gasteiger partial charge >= 0.3 is 0 Å². The van der Waals surface area contributed by atoms with E-state index < -0.39 is 5.54 Å². The third kappa shape index (κ3) is 4.04. The highest BCUT2D eigenvalue weighted by molar-refractivity contribution is 6.31. The number of rotatable bonds is 7. The van der Waals surface area contributed by atoms with Crippen LogP contribution < -0.4 is 4.74 Å². The van der Waals surface area contributed by atoms with Crippen LogP contribution in [0.25, 0.3) is 0 Å². The van der Waals surface area contributed by atoms with Gasteiger partial charge in [-0.15, -0.1) is 0 Å². The van der Waals surface area contributed by atoms with E-state index in [9.17, 15) is 0 Å². The van der Waals surface area contributed by atoms with Crippen LogP contribution in [0.5, 0.6) is 5.75 Å². The maximum atomic E-state index is 6.83. The molecule has 0 amide bonds. The van der Waals surface area contributed by atoms with Crippen LogP contribution in [-0.4, -0.2) is 9.78 Å². The molecule has 0 aliphatic heterocycles. The van der Waals surface area contributed by atoms with Gasteiger partial charge in [0.2, 0.25) is 0 Å². The molecule has 4 heteroatoms. The second-order valence-electron chi connectivity index (χ2n) is 7.81. The van der Waals surface area contributed by atoms with E-state index in [-0.39, 0.29) is 0 Å². The van der Waals surface area contributed by atoms with Gasteiger partial charge in [0.25, 0.3) is 0 Å². The van der Waals surface area contributed by atoms with E-state index in [1.54, 1.807) is 6.20 Å². The van der Waals surface area contributed by atoms with Crippen molar-refractivity contribution in [3.63, 3.8) is 0 Å². The number of nitrogens with zero attached hydrogens (tertiary/aromatic N) is 2. The zero-order chi connectivity index (χ0) is 22.5. The molecule has 0 bridgehead atoms. The first-order valence-corrected chi connectivity index (χ1v) is 11.2. The van der Waals surface area contributed by atoms with Crippen molar-refractivity contribution in [2.45, 2.75) is 12.1 Å². The van der Waals surface area contributed by atoms with Gasteiger partial charge in [-0.25, -0.2) is 0 Å². The molecule has 0 saturated heterocycles. The fourth-order valence-electron chi connectivity index (χ4n) is 4.32. The van der Waals surface area contributed by atoms with Crippen LogP contribution in [0.4, 0.5) is 0 Å². The van der Waals surface area contributed by atoms with Crippen molar-refractivity contribution in [3.8, 4) is 5.75 Å². The molecule has 1 aromatic heterocycles. The van der Waals surface area contributed by atoms with E-state index in [2.05, 4.69) is 42.5 Å². The van der Waals surface area contributed by atoms with E-state index in [1.165, 1.54) is 0 Å². The van der Waals surface area contributed by atoms with Gasteiger partial charge in [-0.05, 0) is 41.0 Å². The molecule has 1 unspecified atom stereocenters. The number of hydrogen-bond donors (Lipinski definition) is 0. The Morgan fingerprint density at radius 1 is 0.727 bits per heavy atom. The Morgan fingerprint density at radius 2 is 1.42 bits per heavy atom. The molecule has 0 saturated carbocycles. The monoisotopic (exact) mass is 450 g/mol. The number of benzene rings is 4. The molecule has 0 spiro atoms. The highest BCUT2D eigenvalue weighted by atomic mass is 35.5.